The lowest BCUT2D eigenvalue weighted by molar-refractivity contribution is -0.126. The fourth-order valence-corrected chi connectivity index (χ4v) is 3.87. The summed E-state index contributed by atoms with van der Waals surface area (Å²) >= 11 is 2.28. The van der Waals surface area contributed by atoms with Gasteiger partial charge in [0.1, 0.15) is 5.75 Å². The Labute approximate surface area is 166 Å². The molecule has 0 N–H and O–H groups in total. The first-order valence-electron chi connectivity index (χ1n) is 8.46. The Morgan fingerprint density at radius 3 is 2.12 bits per heavy atom. The molecule has 2 unspecified atom stereocenters. The number of nitrogens with zero attached hydrogens (tertiary/aromatic N) is 1. The van der Waals surface area contributed by atoms with Crippen molar-refractivity contribution in [2.45, 2.75) is 12.0 Å². The van der Waals surface area contributed by atoms with Crippen molar-refractivity contribution >= 4 is 34.2 Å². The summed E-state index contributed by atoms with van der Waals surface area (Å²) in [4.78, 5) is 15.0. The number of hydrogen-bond donors (Lipinski definition) is 0. The summed E-state index contributed by atoms with van der Waals surface area (Å²) in [6.45, 7) is 0. The fourth-order valence-electron chi connectivity index (χ4n) is 3.51. The van der Waals surface area contributed by atoms with Crippen molar-refractivity contribution in [3.05, 3.63) is 93.6 Å². The summed E-state index contributed by atoms with van der Waals surface area (Å²) in [6.07, 6.45) is 0. The number of ether oxygens (including phenoxy) is 1. The van der Waals surface area contributed by atoms with Crippen molar-refractivity contribution in [2.75, 3.05) is 12.0 Å². The highest BCUT2D eigenvalue weighted by molar-refractivity contribution is 14.1. The molecule has 4 heteroatoms. The van der Waals surface area contributed by atoms with E-state index in [9.17, 15) is 4.79 Å². The number of rotatable bonds is 4. The van der Waals surface area contributed by atoms with Gasteiger partial charge in [0.05, 0.1) is 19.1 Å². The predicted molar refractivity (Wildman–Crippen MR) is 112 cm³/mol. The van der Waals surface area contributed by atoms with Crippen LogP contribution < -0.4 is 9.64 Å². The van der Waals surface area contributed by atoms with E-state index >= 15 is 0 Å². The maximum atomic E-state index is 13.1. The van der Waals surface area contributed by atoms with E-state index in [2.05, 4.69) is 22.6 Å². The monoisotopic (exact) mass is 455 g/mol. The van der Waals surface area contributed by atoms with E-state index in [1.54, 1.807) is 7.11 Å². The van der Waals surface area contributed by atoms with Crippen LogP contribution in [0.25, 0.3) is 0 Å². The third-order valence-electron chi connectivity index (χ3n) is 4.82. The Bertz CT molecular complexity index is 907. The Morgan fingerprint density at radius 1 is 0.846 bits per heavy atom. The molecule has 1 aliphatic rings. The molecule has 4 rings (SSSR count). The second-order valence-electron chi connectivity index (χ2n) is 6.29. The summed E-state index contributed by atoms with van der Waals surface area (Å²) in [5, 5.41) is 0. The molecule has 3 nitrogen and oxygen atoms in total. The lowest BCUT2D eigenvalue weighted by Crippen LogP contribution is -2.53. The molecule has 1 fully saturated rings. The zero-order chi connectivity index (χ0) is 18.1. The van der Waals surface area contributed by atoms with E-state index in [1.807, 2.05) is 83.8 Å². The van der Waals surface area contributed by atoms with Crippen molar-refractivity contribution in [1.29, 1.82) is 0 Å². The van der Waals surface area contributed by atoms with E-state index in [0.29, 0.717) is 0 Å². The van der Waals surface area contributed by atoms with Crippen LogP contribution in [0, 0.1) is 3.57 Å². The summed E-state index contributed by atoms with van der Waals surface area (Å²) in [6, 6.07) is 26.1. The van der Waals surface area contributed by atoms with Crippen LogP contribution in [0.1, 0.15) is 23.1 Å². The van der Waals surface area contributed by atoms with Crippen molar-refractivity contribution in [3.8, 4) is 5.75 Å². The largest absolute Gasteiger partial charge is 0.497 e. The molecule has 1 heterocycles. The third-order valence-corrected chi connectivity index (χ3v) is 5.54. The molecular formula is C22H18INO2. The van der Waals surface area contributed by atoms with Crippen LogP contribution in [0.15, 0.2) is 78.9 Å². The molecule has 1 amide bonds. The topological polar surface area (TPSA) is 29.5 Å². The van der Waals surface area contributed by atoms with Crippen LogP contribution in [0.2, 0.25) is 0 Å². The van der Waals surface area contributed by atoms with Gasteiger partial charge in [-0.2, -0.15) is 0 Å². The van der Waals surface area contributed by atoms with Crippen LogP contribution in [0.4, 0.5) is 5.69 Å². The van der Waals surface area contributed by atoms with Gasteiger partial charge in [0.25, 0.3) is 0 Å². The fraction of sp³-hybridized carbons (Fsp3) is 0.136. The number of methoxy groups -OCH3 is 1. The Morgan fingerprint density at radius 2 is 1.50 bits per heavy atom. The Balaban J connectivity index is 1.75. The summed E-state index contributed by atoms with van der Waals surface area (Å²) in [5.74, 6) is 0.790. The molecule has 3 aromatic rings. The molecule has 130 valence electrons. The molecule has 0 aliphatic carbocycles. The van der Waals surface area contributed by atoms with Crippen LogP contribution in [0.5, 0.6) is 5.75 Å². The van der Waals surface area contributed by atoms with E-state index in [0.717, 1.165) is 26.1 Å². The number of halogens is 1. The smallest absolute Gasteiger partial charge is 0.237 e. The number of carbonyl (C=O) groups is 1. The van der Waals surface area contributed by atoms with Crippen LogP contribution in [-0.2, 0) is 4.79 Å². The van der Waals surface area contributed by atoms with Crippen LogP contribution >= 0.6 is 22.6 Å². The molecule has 0 spiro atoms. The average Bonchev–Trinajstić information content (AvgIpc) is 2.69. The highest BCUT2D eigenvalue weighted by Gasteiger charge is 2.49. The Kier molecular flexibility index (Phi) is 4.68. The second kappa shape index (κ2) is 7.11. The van der Waals surface area contributed by atoms with Gasteiger partial charge in [-0.15, -0.1) is 0 Å². The Hall–Kier alpha value is -2.34. The highest BCUT2D eigenvalue weighted by Crippen LogP contribution is 2.49. The first-order valence-corrected chi connectivity index (χ1v) is 9.54. The van der Waals surface area contributed by atoms with Gasteiger partial charge in [0.15, 0.2) is 0 Å². The molecule has 1 saturated heterocycles. The van der Waals surface area contributed by atoms with E-state index in [1.165, 1.54) is 0 Å². The lowest BCUT2D eigenvalue weighted by atomic mass is 9.77. The number of anilines is 1. The quantitative estimate of drug-likeness (QED) is 0.401. The van der Waals surface area contributed by atoms with Crippen molar-refractivity contribution in [3.63, 3.8) is 0 Å². The van der Waals surface area contributed by atoms with E-state index in [4.69, 9.17) is 4.74 Å². The van der Waals surface area contributed by atoms with Gasteiger partial charge in [-0.3, -0.25) is 4.79 Å². The van der Waals surface area contributed by atoms with E-state index < -0.39 is 0 Å². The van der Waals surface area contributed by atoms with Crippen molar-refractivity contribution < 1.29 is 9.53 Å². The van der Waals surface area contributed by atoms with Crippen molar-refractivity contribution in [1.82, 2.24) is 0 Å². The zero-order valence-electron chi connectivity index (χ0n) is 14.3. The van der Waals surface area contributed by atoms with Crippen molar-refractivity contribution in [2.24, 2.45) is 0 Å². The number of amides is 1. The normalized spacial score (nSPS) is 19.2. The van der Waals surface area contributed by atoms with Gasteiger partial charge in [0, 0.05) is 9.26 Å². The number of carbonyl (C=O) groups excluding carboxylic acids is 1. The highest BCUT2D eigenvalue weighted by atomic mass is 127. The molecule has 3 aromatic carbocycles. The molecule has 0 bridgehead atoms. The zero-order valence-corrected chi connectivity index (χ0v) is 16.5. The maximum Gasteiger partial charge on any atom is 0.237 e. The summed E-state index contributed by atoms with van der Waals surface area (Å²) in [7, 11) is 1.66. The minimum Gasteiger partial charge on any atom is -0.497 e. The number of hydrogen-bond acceptors (Lipinski definition) is 2. The molecule has 0 radical (unpaired) electrons. The third kappa shape index (κ3) is 2.98. The molecule has 0 aromatic heterocycles. The van der Waals surface area contributed by atoms with Gasteiger partial charge in [-0.05, 0) is 70.1 Å². The second-order valence-corrected chi connectivity index (χ2v) is 7.54. The van der Waals surface area contributed by atoms with Gasteiger partial charge in [0.2, 0.25) is 5.91 Å². The van der Waals surface area contributed by atoms with Gasteiger partial charge in [-0.1, -0.05) is 42.5 Å². The van der Waals surface area contributed by atoms with Crippen LogP contribution in [0.3, 0.4) is 0 Å². The summed E-state index contributed by atoms with van der Waals surface area (Å²) < 4.78 is 6.43. The van der Waals surface area contributed by atoms with Gasteiger partial charge < -0.3 is 9.64 Å². The van der Waals surface area contributed by atoms with Gasteiger partial charge in [-0.25, -0.2) is 0 Å². The molecule has 0 saturated carbocycles. The molecular weight excluding hydrogens is 437 g/mol. The number of benzene rings is 3. The van der Waals surface area contributed by atoms with E-state index in [-0.39, 0.29) is 17.9 Å². The molecule has 2 atom stereocenters. The minimum absolute atomic E-state index is 0.0177. The lowest BCUT2D eigenvalue weighted by Gasteiger charge is -2.47. The number of β-lactam (4-membered cyclic amide) rings is 1. The minimum atomic E-state index is -0.163. The van der Waals surface area contributed by atoms with Gasteiger partial charge >= 0.3 is 0 Å². The average molecular weight is 455 g/mol. The van der Waals surface area contributed by atoms with Crippen LogP contribution in [-0.4, -0.2) is 13.0 Å². The summed E-state index contributed by atoms with van der Waals surface area (Å²) in [5.41, 5.74) is 3.10. The maximum absolute atomic E-state index is 13.1. The molecule has 1 aliphatic heterocycles. The predicted octanol–water partition coefficient (Wildman–Crippen LogP) is 5.17. The first kappa shape index (κ1) is 17.1. The first-order chi connectivity index (χ1) is 12.7. The SMILES string of the molecule is COc1ccc(C2C(c3ccccc3)C(=O)N2c2ccc(I)cc2)cc1. The standard InChI is InChI=1S/C22H18INO2/c1-26-19-13-7-16(8-14-19)21-20(15-5-3-2-4-6-15)22(25)24(21)18-11-9-17(23)10-12-18/h2-14,20-21H,1H3. The molecule has 26 heavy (non-hydrogen) atoms.